The van der Waals surface area contributed by atoms with Crippen molar-refractivity contribution in [2.24, 2.45) is 5.41 Å². The first-order valence-corrected chi connectivity index (χ1v) is 7.36. The number of carboxylic acids is 1. The number of alkyl halides is 3. The van der Waals surface area contributed by atoms with Gasteiger partial charge in [0.2, 0.25) is 0 Å². The first-order chi connectivity index (χ1) is 10.3. The molecule has 0 spiro atoms. The van der Waals surface area contributed by atoms with Crippen molar-refractivity contribution in [1.82, 2.24) is 0 Å². The van der Waals surface area contributed by atoms with Crippen LogP contribution in [0.3, 0.4) is 0 Å². The summed E-state index contributed by atoms with van der Waals surface area (Å²) < 4.78 is 39.4. The summed E-state index contributed by atoms with van der Waals surface area (Å²) in [6.07, 6.45) is -4.00. The third-order valence-electron chi connectivity index (χ3n) is 4.03. The van der Waals surface area contributed by atoms with Gasteiger partial charge in [0.1, 0.15) is 0 Å². The molecule has 0 aromatic heterocycles. The summed E-state index contributed by atoms with van der Waals surface area (Å²) in [5, 5.41) is 18.4. The minimum atomic E-state index is -4.43. The Labute approximate surface area is 134 Å². The van der Waals surface area contributed by atoms with E-state index in [1.54, 1.807) is 20.8 Å². The third-order valence-corrected chi connectivity index (χ3v) is 4.03. The molecule has 6 heteroatoms. The van der Waals surface area contributed by atoms with Crippen molar-refractivity contribution in [2.75, 3.05) is 6.61 Å². The lowest BCUT2D eigenvalue weighted by Gasteiger charge is -2.26. The van der Waals surface area contributed by atoms with E-state index < -0.39 is 35.1 Å². The smallest absolute Gasteiger partial charge is 0.416 e. The number of carboxylic acid groups (broad SMARTS) is 1. The van der Waals surface area contributed by atoms with Crippen LogP contribution in [-0.2, 0) is 22.8 Å². The second-order valence-electron chi connectivity index (χ2n) is 7.15. The molecule has 3 nitrogen and oxygen atoms in total. The van der Waals surface area contributed by atoms with Crippen molar-refractivity contribution >= 4 is 5.97 Å². The number of aliphatic carboxylic acids is 1. The van der Waals surface area contributed by atoms with E-state index in [1.807, 2.05) is 0 Å². The average Bonchev–Trinajstić information content (AvgIpc) is 2.42. The van der Waals surface area contributed by atoms with Gasteiger partial charge in [0.15, 0.2) is 0 Å². The highest BCUT2D eigenvalue weighted by Crippen LogP contribution is 2.38. The fraction of sp³-hybridized carbons (Fsp3) is 0.588. The van der Waals surface area contributed by atoms with Crippen LogP contribution in [0.5, 0.6) is 0 Å². The monoisotopic (exact) mass is 332 g/mol. The Balaban J connectivity index is 3.15. The molecular weight excluding hydrogens is 309 g/mol. The van der Waals surface area contributed by atoms with E-state index in [9.17, 15) is 23.1 Å². The van der Waals surface area contributed by atoms with Gasteiger partial charge in [-0.15, -0.1) is 0 Å². The molecule has 0 aliphatic heterocycles. The maximum atomic E-state index is 13.1. The molecule has 0 saturated carbocycles. The minimum absolute atomic E-state index is 0.147. The van der Waals surface area contributed by atoms with Crippen LogP contribution in [0.15, 0.2) is 18.2 Å². The predicted octanol–water partition coefficient (Wildman–Crippen LogP) is 4.02. The van der Waals surface area contributed by atoms with Crippen LogP contribution in [0.25, 0.3) is 0 Å². The van der Waals surface area contributed by atoms with E-state index in [0.717, 1.165) is 6.07 Å². The van der Waals surface area contributed by atoms with Gasteiger partial charge in [-0.2, -0.15) is 13.2 Å². The molecule has 0 saturated heterocycles. The number of rotatable bonds is 5. The molecule has 1 aromatic rings. The summed E-state index contributed by atoms with van der Waals surface area (Å²) in [7, 11) is 0. The number of hydrogen-bond donors (Lipinski definition) is 2. The van der Waals surface area contributed by atoms with E-state index in [-0.39, 0.29) is 18.4 Å². The lowest BCUT2D eigenvalue weighted by Crippen LogP contribution is -2.32. The quantitative estimate of drug-likeness (QED) is 0.856. The van der Waals surface area contributed by atoms with Gasteiger partial charge in [-0.25, -0.2) is 0 Å². The van der Waals surface area contributed by atoms with Gasteiger partial charge < -0.3 is 10.2 Å². The number of aliphatic hydroxyl groups is 1. The summed E-state index contributed by atoms with van der Waals surface area (Å²) in [5.41, 5.74) is -1.84. The molecule has 0 radical (unpaired) electrons. The molecule has 0 aliphatic rings. The summed E-state index contributed by atoms with van der Waals surface area (Å²) in [6, 6.07) is 3.91. The maximum absolute atomic E-state index is 13.1. The zero-order valence-electron chi connectivity index (χ0n) is 13.8. The first-order valence-electron chi connectivity index (χ1n) is 7.36. The average molecular weight is 332 g/mol. The fourth-order valence-electron chi connectivity index (χ4n) is 2.29. The molecule has 1 aromatic carbocycles. The molecule has 0 amide bonds. The topological polar surface area (TPSA) is 57.5 Å². The molecule has 0 unspecified atom stereocenters. The zero-order chi connectivity index (χ0) is 18.1. The highest BCUT2D eigenvalue weighted by Gasteiger charge is 2.37. The van der Waals surface area contributed by atoms with Gasteiger partial charge in [-0.05, 0) is 42.4 Å². The van der Waals surface area contributed by atoms with Gasteiger partial charge in [0.25, 0.3) is 0 Å². The van der Waals surface area contributed by atoms with Crippen molar-refractivity contribution in [2.45, 2.75) is 52.1 Å². The molecule has 2 N–H and O–H groups in total. The van der Waals surface area contributed by atoms with Crippen molar-refractivity contribution in [1.29, 1.82) is 0 Å². The summed E-state index contributed by atoms with van der Waals surface area (Å²) in [5.74, 6) is -1.12. The second kappa shape index (κ2) is 6.51. The number of halogens is 3. The van der Waals surface area contributed by atoms with E-state index in [4.69, 9.17) is 5.11 Å². The Morgan fingerprint density at radius 3 is 2.04 bits per heavy atom. The highest BCUT2D eigenvalue weighted by molar-refractivity contribution is 5.74. The second-order valence-corrected chi connectivity index (χ2v) is 7.15. The van der Waals surface area contributed by atoms with Crippen LogP contribution in [0.2, 0.25) is 0 Å². The van der Waals surface area contributed by atoms with Crippen LogP contribution < -0.4 is 0 Å². The summed E-state index contributed by atoms with van der Waals surface area (Å²) >= 11 is 0. The van der Waals surface area contributed by atoms with E-state index in [0.29, 0.717) is 5.56 Å². The summed E-state index contributed by atoms with van der Waals surface area (Å²) in [6.45, 7) is 6.02. The number of aliphatic hydroxyl groups excluding tert-OH is 1. The highest BCUT2D eigenvalue weighted by atomic mass is 19.4. The fourth-order valence-corrected chi connectivity index (χ4v) is 2.29. The third kappa shape index (κ3) is 4.70. The Bertz CT molecular complexity index is 573. The minimum Gasteiger partial charge on any atom is -0.481 e. The van der Waals surface area contributed by atoms with Crippen molar-refractivity contribution in [3.05, 3.63) is 34.9 Å². The predicted molar refractivity (Wildman–Crippen MR) is 81.3 cm³/mol. The molecule has 1 atom stereocenters. The van der Waals surface area contributed by atoms with Gasteiger partial charge in [-0.1, -0.05) is 32.9 Å². The van der Waals surface area contributed by atoms with Crippen LogP contribution in [-0.4, -0.2) is 22.8 Å². The number of carbonyl (C=O) groups is 1. The molecule has 0 bridgehead atoms. The lowest BCUT2D eigenvalue weighted by molar-refractivity contribution is -0.150. The number of hydrogen-bond acceptors (Lipinski definition) is 2. The molecule has 130 valence electrons. The van der Waals surface area contributed by atoms with E-state index in [1.165, 1.54) is 19.1 Å². The van der Waals surface area contributed by atoms with Crippen LogP contribution in [0.1, 0.15) is 50.8 Å². The largest absolute Gasteiger partial charge is 0.481 e. The molecular formula is C17H23F3O3. The molecule has 0 heterocycles. The SMILES string of the molecule is CC(C)(C)c1cc(CC[C@](C)(CO)C(=O)O)ccc1C(F)(F)F. The standard InChI is InChI=1S/C17H23F3O3/c1-15(2,3)13-9-11(5-6-12(13)17(18,19)20)7-8-16(4,10-21)14(22)23/h5-6,9,21H,7-8,10H2,1-4H3,(H,22,23)/t16-/m1/s1. The Morgan fingerprint density at radius 2 is 1.65 bits per heavy atom. The van der Waals surface area contributed by atoms with E-state index >= 15 is 0 Å². The maximum Gasteiger partial charge on any atom is 0.416 e. The van der Waals surface area contributed by atoms with Crippen molar-refractivity contribution in [3.8, 4) is 0 Å². The van der Waals surface area contributed by atoms with Gasteiger partial charge in [-0.3, -0.25) is 4.79 Å². The molecule has 23 heavy (non-hydrogen) atoms. The van der Waals surface area contributed by atoms with Crippen molar-refractivity contribution < 1.29 is 28.2 Å². The van der Waals surface area contributed by atoms with Gasteiger partial charge in [0.05, 0.1) is 17.6 Å². The Kier molecular flexibility index (Phi) is 5.52. The number of benzene rings is 1. The lowest BCUT2D eigenvalue weighted by atomic mass is 9.80. The van der Waals surface area contributed by atoms with Gasteiger partial charge >= 0.3 is 12.1 Å². The molecule has 1 rings (SSSR count). The molecule has 0 aliphatic carbocycles. The van der Waals surface area contributed by atoms with Crippen LogP contribution in [0, 0.1) is 5.41 Å². The van der Waals surface area contributed by atoms with E-state index in [2.05, 4.69) is 0 Å². The molecule has 0 fully saturated rings. The van der Waals surface area contributed by atoms with Crippen LogP contribution >= 0.6 is 0 Å². The first kappa shape index (κ1) is 19.5. The zero-order valence-corrected chi connectivity index (χ0v) is 13.8. The van der Waals surface area contributed by atoms with Crippen molar-refractivity contribution in [3.63, 3.8) is 0 Å². The van der Waals surface area contributed by atoms with Gasteiger partial charge in [0, 0.05) is 0 Å². The number of aryl methyl sites for hydroxylation is 1. The Morgan fingerprint density at radius 1 is 1.09 bits per heavy atom. The van der Waals surface area contributed by atoms with Crippen LogP contribution in [0.4, 0.5) is 13.2 Å². The normalized spacial score (nSPS) is 15.3. The Hall–Kier alpha value is -1.56. The summed E-state index contributed by atoms with van der Waals surface area (Å²) in [4.78, 5) is 11.2.